The molecule has 1 aliphatic heterocycles. The minimum absolute atomic E-state index is 0.107. The standard InChI is InChI=1S/C28H41N3O4/c1-18-4-5-24(34-3)23(10-18)27(6-8-35-9-7-27)17-29-19(2)25(32)30-26(33)31-28-14-20-11-21(15-28)13-22(12-20)16-28/h4-5,10,19-22,29H,6-9,11-17H2,1-3H3,(H2,30,31,32,33). The van der Waals surface area contributed by atoms with Gasteiger partial charge in [0.25, 0.3) is 0 Å². The second-order valence-electron chi connectivity index (χ2n) is 11.8. The number of hydrogen-bond acceptors (Lipinski definition) is 5. The molecule has 1 saturated heterocycles. The van der Waals surface area contributed by atoms with Gasteiger partial charge in [-0.25, -0.2) is 4.79 Å². The van der Waals surface area contributed by atoms with Gasteiger partial charge >= 0.3 is 6.03 Å². The molecule has 0 radical (unpaired) electrons. The highest BCUT2D eigenvalue weighted by atomic mass is 16.5. The highest BCUT2D eigenvalue weighted by Crippen LogP contribution is 2.55. The maximum atomic E-state index is 12.9. The number of carbonyl (C=O) groups is 2. The van der Waals surface area contributed by atoms with Crippen LogP contribution in [0.1, 0.15) is 69.4 Å². The number of rotatable bonds is 7. The van der Waals surface area contributed by atoms with Gasteiger partial charge in [-0.3, -0.25) is 10.1 Å². The fraction of sp³-hybridized carbons (Fsp3) is 0.714. The van der Waals surface area contributed by atoms with Gasteiger partial charge in [0.05, 0.1) is 13.2 Å². The molecule has 35 heavy (non-hydrogen) atoms. The molecule has 1 aromatic carbocycles. The number of methoxy groups -OCH3 is 1. The molecule has 6 rings (SSSR count). The van der Waals surface area contributed by atoms with Crippen LogP contribution in [-0.4, -0.2) is 50.4 Å². The van der Waals surface area contributed by atoms with Crippen LogP contribution in [0.5, 0.6) is 5.75 Å². The van der Waals surface area contributed by atoms with E-state index in [0.29, 0.717) is 19.8 Å². The van der Waals surface area contributed by atoms with Crippen molar-refractivity contribution in [3.8, 4) is 5.75 Å². The highest BCUT2D eigenvalue weighted by Gasteiger charge is 2.51. The van der Waals surface area contributed by atoms with E-state index in [-0.39, 0.29) is 22.9 Å². The zero-order chi connectivity index (χ0) is 24.6. The largest absolute Gasteiger partial charge is 0.496 e. The molecule has 1 unspecified atom stereocenters. The van der Waals surface area contributed by atoms with Crippen LogP contribution in [0.2, 0.25) is 0 Å². The van der Waals surface area contributed by atoms with Gasteiger partial charge < -0.3 is 20.1 Å². The van der Waals surface area contributed by atoms with E-state index in [0.717, 1.165) is 61.2 Å². The van der Waals surface area contributed by atoms with Crippen LogP contribution in [0.25, 0.3) is 0 Å². The van der Waals surface area contributed by atoms with Gasteiger partial charge in [0.2, 0.25) is 5.91 Å². The maximum Gasteiger partial charge on any atom is 0.321 e. The molecule has 5 aliphatic rings. The van der Waals surface area contributed by atoms with Crippen LogP contribution in [0.3, 0.4) is 0 Å². The number of benzene rings is 1. The monoisotopic (exact) mass is 483 g/mol. The Morgan fingerprint density at radius 3 is 2.31 bits per heavy atom. The van der Waals surface area contributed by atoms with E-state index in [2.05, 4.69) is 35.0 Å². The summed E-state index contributed by atoms with van der Waals surface area (Å²) in [5, 5.41) is 9.29. The van der Waals surface area contributed by atoms with Crippen LogP contribution in [0, 0.1) is 24.7 Å². The Hall–Kier alpha value is -2.12. The summed E-state index contributed by atoms with van der Waals surface area (Å²) in [6.45, 7) is 5.87. The van der Waals surface area contributed by atoms with Gasteiger partial charge in [0.1, 0.15) is 5.75 Å². The summed E-state index contributed by atoms with van der Waals surface area (Å²) in [6, 6.07) is 5.43. The quantitative estimate of drug-likeness (QED) is 0.549. The van der Waals surface area contributed by atoms with Gasteiger partial charge in [0.15, 0.2) is 0 Å². The fourth-order valence-electron chi connectivity index (χ4n) is 7.74. The number of hydrogen-bond donors (Lipinski definition) is 3. The van der Waals surface area contributed by atoms with Crippen molar-refractivity contribution in [2.75, 3.05) is 26.9 Å². The number of carbonyl (C=O) groups excluding carboxylic acids is 2. The van der Waals surface area contributed by atoms with E-state index < -0.39 is 6.04 Å². The minimum atomic E-state index is -0.493. The predicted molar refractivity (Wildman–Crippen MR) is 135 cm³/mol. The second-order valence-corrected chi connectivity index (χ2v) is 11.8. The molecule has 5 fully saturated rings. The minimum Gasteiger partial charge on any atom is -0.496 e. The first-order valence-corrected chi connectivity index (χ1v) is 13.4. The van der Waals surface area contributed by atoms with Crippen molar-refractivity contribution in [2.24, 2.45) is 17.8 Å². The molecule has 3 N–H and O–H groups in total. The van der Waals surface area contributed by atoms with Crippen LogP contribution < -0.4 is 20.7 Å². The number of aryl methyl sites for hydroxylation is 1. The van der Waals surface area contributed by atoms with Crippen molar-refractivity contribution in [1.82, 2.24) is 16.0 Å². The van der Waals surface area contributed by atoms with E-state index in [1.165, 1.54) is 24.8 Å². The van der Waals surface area contributed by atoms with Crippen molar-refractivity contribution in [1.29, 1.82) is 0 Å². The number of ether oxygens (including phenoxy) is 2. The number of amides is 3. The van der Waals surface area contributed by atoms with Crippen molar-refractivity contribution in [3.05, 3.63) is 29.3 Å². The van der Waals surface area contributed by atoms with Gasteiger partial charge in [-0.1, -0.05) is 17.7 Å². The number of nitrogens with one attached hydrogen (secondary N) is 3. The van der Waals surface area contributed by atoms with Gasteiger partial charge in [-0.15, -0.1) is 0 Å². The van der Waals surface area contributed by atoms with E-state index in [1.807, 2.05) is 13.0 Å². The molecule has 3 amide bonds. The third-order valence-electron chi connectivity index (χ3n) is 9.17. The Morgan fingerprint density at radius 2 is 1.71 bits per heavy atom. The third kappa shape index (κ3) is 5.08. The summed E-state index contributed by atoms with van der Waals surface area (Å²) in [4.78, 5) is 25.8. The highest BCUT2D eigenvalue weighted by molar-refractivity contribution is 5.97. The third-order valence-corrected chi connectivity index (χ3v) is 9.17. The number of imide groups is 1. The summed E-state index contributed by atoms with van der Waals surface area (Å²) in [5.74, 6) is 2.81. The molecule has 1 aromatic rings. The Bertz CT molecular complexity index is 920. The Balaban J connectivity index is 1.20. The molecule has 4 aliphatic carbocycles. The van der Waals surface area contributed by atoms with E-state index in [9.17, 15) is 9.59 Å². The molecule has 1 atom stereocenters. The zero-order valence-corrected chi connectivity index (χ0v) is 21.5. The van der Waals surface area contributed by atoms with Crippen LogP contribution in [0.4, 0.5) is 4.79 Å². The summed E-state index contributed by atoms with van der Waals surface area (Å²) in [5.41, 5.74) is 2.04. The average molecular weight is 484 g/mol. The van der Waals surface area contributed by atoms with Crippen molar-refractivity contribution >= 4 is 11.9 Å². The summed E-state index contributed by atoms with van der Waals surface area (Å²) >= 11 is 0. The molecular weight excluding hydrogens is 442 g/mol. The molecule has 7 nitrogen and oxygen atoms in total. The van der Waals surface area contributed by atoms with E-state index >= 15 is 0 Å². The van der Waals surface area contributed by atoms with Crippen LogP contribution >= 0.6 is 0 Å². The Labute approximate surface area is 209 Å². The lowest BCUT2D eigenvalue weighted by Crippen LogP contribution is -2.62. The maximum absolute atomic E-state index is 12.9. The molecule has 4 saturated carbocycles. The summed E-state index contributed by atoms with van der Waals surface area (Å²) < 4.78 is 11.4. The number of urea groups is 1. The first kappa shape index (κ1) is 24.6. The predicted octanol–water partition coefficient (Wildman–Crippen LogP) is 3.82. The Kier molecular flexibility index (Phi) is 6.83. The Morgan fingerprint density at radius 1 is 1.09 bits per heavy atom. The normalized spacial score (nSPS) is 31.6. The van der Waals surface area contributed by atoms with E-state index in [1.54, 1.807) is 7.11 Å². The first-order chi connectivity index (χ1) is 16.8. The second kappa shape index (κ2) is 9.74. The van der Waals surface area contributed by atoms with Crippen molar-refractivity contribution < 1.29 is 19.1 Å². The van der Waals surface area contributed by atoms with Gasteiger partial charge in [0, 0.05) is 36.3 Å². The topological polar surface area (TPSA) is 88.7 Å². The smallest absolute Gasteiger partial charge is 0.321 e. The van der Waals surface area contributed by atoms with Gasteiger partial charge in [-0.2, -0.15) is 0 Å². The molecule has 0 spiro atoms. The van der Waals surface area contributed by atoms with Crippen LogP contribution in [0.15, 0.2) is 18.2 Å². The van der Waals surface area contributed by atoms with Crippen LogP contribution in [-0.2, 0) is 14.9 Å². The van der Waals surface area contributed by atoms with Crippen molar-refractivity contribution in [2.45, 2.75) is 82.2 Å². The summed E-state index contributed by atoms with van der Waals surface area (Å²) in [6.07, 6.45) is 8.86. The molecule has 4 bridgehead atoms. The first-order valence-electron chi connectivity index (χ1n) is 13.4. The molecule has 7 heteroatoms. The molecular formula is C28H41N3O4. The van der Waals surface area contributed by atoms with Crippen molar-refractivity contribution in [3.63, 3.8) is 0 Å². The average Bonchev–Trinajstić information content (AvgIpc) is 2.81. The SMILES string of the molecule is COc1ccc(C)cc1C1(CNC(C)C(=O)NC(=O)NC23CC4CC(CC(C4)C2)C3)CCOCC1. The fourth-order valence-corrected chi connectivity index (χ4v) is 7.74. The van der Waals surface area contributed by atoms with Gasteiger partial charge in [-0.05, 0) is 89.0 Å². The lowest BCUT2D eigenvalue weighted by molar-refractivity contribution is -0.121. The summed E-state index contributed by atoms with van der Waals surface area (Å²) in [7, 11) is 1.70. The lowest BCUT2D eigenvalue weighted by Gasteiger charge is -2.56. The zero-order valence-electron chi connectivity index (χ0n) is 21.5. The molecule has 0 aromatic heterocycles. The molecule has 1 heterocycles. The molecule has 192 valence electrons. The van der Waals surface area contributed by atoms with E-state index in [4.69, 9.17) is 9.47 Å². The lowest BCUT2D eigenvalue weighted by atomic mass is 9.53.